The van der Waals surface area contributed by atoms with Gasteiger partial charge in [-0.25, -0.2) is 9.97 Å². The Morgan fingerprint density at radius 3 is 2.24 bits per heavy atom. The van der Waals surface area contributed by atoms with Gasteiger partial charge in [0, 0.05) is 75.4 Å². The van der Waals surface area contributed by atoms with Crippen LogP contribution in [-0.2, 0) is 11.9 Å². The monoisotopic (exact) mass is 586 g/mol. The number of nitrogens with zero attached hydrogens (tertiary/aromatic N) is 6. The topological polar surface area (TPSA) is 65.0 Å². The normalized spacial score (nSPS) is 16.7. The molecule has 2 saturated heterocycles. The van der Waals surface area contributed by atoms with Gasteiger partial charge in [0.1, 0.15) is 11.6 Å². The number of aromatic nitrogens is 2. The third-order valence-electron chi connectivity index (χ3n) is 7.36. The van der Waals surface area contributed by atoms with E-state index in [1.54, 1.807) is 25.3 Å². The molecule has 2 aliphatic rings. The lowest BCUT2D eigenvalue weighted by atomic mass is 10.1. The van der Waals surface area contributed by atoms with Gasteiger partial charge < -0.3 is 24.3 Å². The lowest BCUT2D eigenvalue weighted by Crippen LogP contribution is -2.47. The number of methoxy groups -OCH3 is 1. The average Bonchev–Trinajstić information content (AvgIpc) is 3.00. The molecule has 0 unspecified atom stereocenters. The molecule has 5 rings (SSSR count). The maximum atomic E-state index is 13.8. The number of rotatable bonds is 7. The second-order valence-electron chi connectivity index (χ2n) is 10.1. The Labute approximate surface area is 242 Å². The van der Waals surface area contributed by atoms with E-state index in [-0.39, 0.29) is 16.9 Å². The molecular formula is C29H33F3N6O2S. The van der Waals surface area contributed by atoms with E-state index < -0.39 is 11.9 Å². The van der Waals surface area contributed by atoms with Crippen LogP contribution in [0.1, 0.15) is 21.6 Å². The molecule has 3 heterocycles. The summed E-state index contributed by atoms with van der Waals surface area (Å²) in [5, 5.41) is 0.0585. The van der Waals surface area contributed by atoms with Gasteiger partial charge in [-0.1, -0.05) is 23.9 Å². The average molecular weight is 587 g/mol. The van der Waals surface area contributed by atoms with Crippen molar-refractivity contribution in [2.75, 3.05) is 76.3 Å². The van der Waals surface area contributed by atoms with Gasteiger partial charge in [-0.05, 0) is 49.0 Å². The molecule has 0 spiro atoms. The van der Waals surface area contributed by atoms with Crippen LogP contribution < -0.4 is 14.5 Å². The fourth-order valence-corrected chi connectivity index (χ4v) is 5.70. The van der Waals surface area contributed by atoms with Crippen molar-refractivity contribution in [2.24, 2.45) is 0 Å². The van der Waals surface area contributed by atoms with Crippen molar-refractivity contribution in [1.82, 2.24) is 19.8 Å². The van der Waals surface area contributed by atoms with E-state index in [2.05, 4.69) is 19.8 Å². The van der Waals surface area contributed by atoms with E-state index in [9.17, 15) is 18.0 Å². The number of likely N-dealkylation sites (N-methyl/N-ethyl adjacent to an activating group) is 1. The Morgan fingerprint density at radius 2 is 1.59 bits per heavy atom. The first-order valence-corrected chi connectivity index (χ1v) is 14.5. The van der Waals surface area contributed by atoms with Crippen molar-refractivity contribution in [3.8, 4) is 5.75 Å². The van der Waals surface area contributed by atoms with Gasteiger partial charge in [0.25, 0.3) is 5.91 Å². The summed E-state index contributed by atoms with van der Waals surface area (Å²) in [4.78, 5) is 29.4. The summed E-state index contributed by atoms with van der Waals surface area (Å²) in [6.45, 7) is 5.34. The van der Waals surface area contributed by atoms with Gasteiger partial charge >= 0.3 is 6.18 Å². The molecule has 8 nitrogen and oxygen atoms in total. The maximum Gasteiger partial charge on any atom is 0.433 e. The van der Waals surface area contributed by atoms with E-state index in [1.165, 1.54) is 0 Å². The number of anilines is 2. The highest BCUT2D eigenvalue weighted by molar-refractivity contribution is 7.98. The van der Waals surface area contributed by atoms with Crippen LogP contribution in [0.15, 0.2) is 59.8 Å². The first kappa shape index (κ1) is 29.0. The third-order valence-corrected chi connectivity index (χ3v) is 8.27. The first-order valence-electron chi connectivity index (χ1n) is 13.5. The zero-order valence-electron chi connectivity index (χ0n) is 23.1. The van der Waals surface area contributed by atoms with Gasteiger partial charge in [-0.3, -0.25) is 4.79 Å². The molecule has 0 radical (unpaired) electrons. The lowest BCUT2D eigenvalue weighted by molar-refractivity contribution is -0.141. The summed E-state index contributed by atoms with van der Waals surface area (Å²) in [5.41, 5.74) is 1.48. The van der Waals surface area contributed by atoms with Crippen molar-refractivity contribution in [2.45, 2.75) is 17.1 Å². The number of alkyl halides is 3. The quantitative estimate of drug-likeness (QED) is 0.296. The maximum absolute atomic E-state index is 13.8. The highest BCUT2D eigenvalue weighted by Crippen LogP contribution is 2.33. The van der Waals surface area contributed by atoms with Crippen LogP contribution in [0, 0.1) is 0 Å². The standard InChI is InChI=1S/C29H33F3N6O2S/c1-35-10-12-38(13-11-35)27(39)22-5-3-4-21(18-22)20-41-28-33-25(29(30,31)32)19-26(34-28)37-16-14-36(15-17-37)23-6-8-24(40-2)9-7-23/h3-9,18-19H,10-17,20H2,1-2H3. The number of benzene rings is 2. The number of carbonyl (C=O) groups excluding carboxylic acids is 1. The SMILES string of the molecule is COc1ccc(N2CCN(c3cc(C(F)(F)F)nc(SCc4cccc(C(=O)N5CCN(C)CC5)c4)n3)CC2)cc1. The van der Waals surface area contributed by atoms with Crippen LogP contribution in [0.2, 0.25) is 0 Å². The Morgan fingerprint density at radius 1 is 0.902 bits per heavy atom. The highest BCUT2D eigenvalue weighted by atomic mass is 32.2. The summed E-state index contributed by atoms with van der Waals surface area (Å²) in [6.07, 6.45) is -4.59. The zero-order valence-corrected chi connectivity index (χ0v) is 23.9. The van der Waals surface area contributed by atoms with Gasteiger partial charge in [-0.2, -0.15) is 13.2 Å². The van der Waals surface area contributed by atoms with E-state index in [4.69, 9.17) is 4.74 Å². The van der Waals surface area contributed by atoms with Crippen LogP contribution in [-0.4, -0.2) is 92.2 Å². The van der Waals surface area contributed by atoms with Crippen molar-refractivity contribution in [3.05, 3.63) is 71.4 Å². The number of halogens is 3. The number of ether oxygens (including phenoxy) is 1. The number of amides is 1. The molecule has 2 fully saturated rings. The summed E-state index contributed by atoms with van der Waals surface area (Å²) in [6, 6.07) is 16.0. The third kappa shape index (κ3) is 7.23. The Hall–Kier alpha value is -3.51. The predicted octanol–water partition coefficient (Wildman–Crippen LogP) is 4.51. The molecule has 0 aliphatic carbocycles. The summed E-state index contributed by atoms with van der Waals surface area (Å²) in [7, 11) is 3.65. The molecule has 1 aromatic heterocycles. The number of thioether (sulfide) groups is 1. The smallest absolute Gasteiger partial charge is 0.433 e. The predicted molar refractivity (Wildman–Crippen MR) is 154 cm³/mol. The van der Waals surface area contributed by atoms with Gasteiger partial charge in [0.05, 0.1) is 7.11 Å². The van der Waals surface area contributed by atoms with Crippen molar-refractivity contribution in [3.63, 3.8) is 0 Å². The van der Waals surface area contributed by atoms with Crippen molar-refractivity contribution >= 4 is 29.2 Å². The minimum atomic E-state index is -4.59. The lowest BCUT2D eigenvalue weighted by Gasteiger charge is -2.37. The molecule has 0 bridgehead atoms. The Bertz CT molecular complexity index is 1340. The Kier molecular flexibility index (Phi) is 8.88. The molecule has 2 aromatic carbocycles. The first-order chi connectivity index (χ1) is 19.7. The van der Waals surface area contributed by atoms with Gasteiger partial charge in [0.15, 0.2) is 10.9 Å². The van der Waals surface area contributed by atoms with E-state index in [0.29, 0.717) is 50.6 Å². The van der Waals surface area contributed by atoms with E-state index in [0.717, 1.165) is 47.9 Å². The molecule has 12 heteroatoms. The van der Waals surface area contributed by atoms with Crippen molar-refractivity contribution < 1.29 is 22.7 Å². The van der Waals surface area contributed by atoms with E-state index in [1.807, 2.05) is 47.2 Å². The molecule has 1 amide bonds. The number of hydrogen-bond acceptors (Lipinski definition) is 8. The Balaban J connectivity index is 1.26. The van der Waals surface area contributed by atoms with Gasteiger partial charge in [-0.15, -0.1) is 0 Å². The summed E-state index contributed by atoms with van der Waals surface area (Å²) < 4.78 is 46.6. The minimum Gasteiger partial charge on any atom is -0.497 e. The summed E-state index contributed by atoms with van der Waals surface area (Å²) >= 11 is 1.14. The second-order valence-corrected chi connectivity index (χ2v) is 11.1. The second kappa shape index (κ2) is 12.6. The molecule has 3 aromatic rings. The van der Waals surface area contributed by atoms with Crippen LogP contribution in [0.5, 0.6) is 5.75 Å². The molecule has 0 N–H and O–H groups in total. The zero-order chi connectivity index (χ0) is 29.0. The number of hydrogen-bond donors (Lipinski definition) is 0. The molecule has 0 atom stereocenters. The number of piperazine rings is 2. The van der Waals surface area contributed by atoms with Crippen molar-refractivity contribution in [1.29, 1.82) is 0 Å². The van der Waals surface area contributed by atoms with E-state index >= 15 is 0 Å². The highest BCUT2D eigenvalue weighted by Gasteiger charge is 2.34. The summed E-state index contributed by atoms with van der Waals surface area (Å²) in [5.74, 6) is 1.35. The van der Waals surface area contributed by atoms with Crippen LogP contribution >= 0.6 is 11.8 Å². The number of carbonyl (C=O) groups is 1. The fraction of sp³-hybridized carbons (Fsp3) is 0.414. The van der Waals surface area contributed by atoms with Crippen LogP contribution in [0.25, 0.3) is 0 Å². The molecule has 41 heavy (non-hydrogen) atoms. The molecule has 218 valence electrons. The molecule has 0 saturated carbocycles. The minimum absolute atomic E-state index is 0.0312. The van der Waals surface area contributed by atoms with Crippen LogP contribution in [0.4, 0.5) is 24.7 Å². The fourth-order valence-electron chi connectivity index (χ4n) is 4.91. The van der Waals surface area contributed by atoms with Crippen LogP contribution in [0.3, 0.4) is 0 Å². The van der Waals surface area contributed by atoms with Gasteiger partial charge in [0.2, 0.25) is 0 Å². The molecule has 2 aliphatic heterocycles. The molecular weight excluding hydrogens is 553 g/mol. The largest absolute Gasteiger partial charge is 0.497 e.